The molecule has 6 heteroatoms. The van der Waals surface area contributed by atoms with Gasteiger partial charge in [0.05, 0.1) is 11.3 Å². The molecule has 5 nitrogen and oxygen atoms in total. The molecule has 2 atom stereocenters. The van der Waals surface area contributed by atoms with Crippen LogP contribution < -0.4 is 5.32 Å². The van der Waals surface area contributed by atoms with Crippen molar-refractivity contribution in [3.05, 3.63) is 17.3 Å². The smallest absolute Gasteiger partial charge is 0.306 e. The Hall–Kier alpha value is -1.69. The van der Waals surface area contributed by atoms with E-state index < -0.39 is 5.97 Å². The van der Waals surface area contributed by atoms with Gasteiger partial charge in [0.25, 0.3) is 0 Å². The maximum atomic E-state index is 11.2. The Labute approximate surface area is 127 Å². The third kappa shape index (κ3) is 3.00. The molecule has 0 aromatic carbocycles. The molecule has 21 heavy (non-hydrogen) atoms. The van der Waals surface area contributed by atoms with Crippen LogP contribution in [0.2, 0.25) is 0 Å². The van der Waals surface area contributed by atoms with E-state index in [1.165, 1.54) is 4.88 Å². The number of rotatable bonds is 4. The molecule has 3 rings (SSSR count). The van der Waals surface area contributed by atoms with Crippen LogP contribution in [0.1, 0.15) is 37.5 Å². The van der Waals surface area contributed by atoms with Crippen molar-refractivity contribution in [2.45, 2.75) is 45.1 Å². The molecule has 2 N–H and O–H groups in total. The summed E-state index contributed by atoms with van der Waals surface area (Å²) in [5.74, 6) is -0.0765. The number of aryl methyl sites for hydroxylation is 1. The predicted octanol–water partition coefficient (Wildman–Crippen LogP) is 3.31. The molecule has 2 unspecified atom stereocenters. The molecule has 1 fully saturated rings. The van der Waals surface area contributed by atoms with Gasteiger partial charge in [0, 0.05) is 10.9 Å². The molecule has 2 aromatic rings. The van der Waals surface area contributed by atoms with Gasteiger partial charge in [-0.3, -0.25) is 4.79 Å². The van der Waals surface area contributed by atoms with Crippen molar-refractivity contribution in [2.24, 2.45) is 5.92 Å². The molecular weight excluding hydrogens is 286 g/mol. The van der Waals surface area contributed by atoms with Crippen LogP contribution in [0.5, 0.6) is 0 Å². The van der Waals surface area contributed by atoms with E-state index in [4.69, 9.17) is 0 Å². The number of aliphatic carboxylic acids is 1. The first-order valence-corrected chi connectivity index (χ1v) is 8.21. The van der Waals surface area contributed by atoms with Gasteiger partial charge >= 0.3 is 5.97 Å². The molecule has 0 aliphatic heterocycles. The minimum atomic E-state index is -0.682. The number of fused-ring (bicyclic) bond motifs is 1. The van der Waals surface area contributed by atoms with E-state index in [1.807, 2.05) is 0 Å². The number of carboxylic acid groups (broad SMARTS) is 1. The van der Waals surface area contributed by atoms with E-state index in [-0.39, 0.29) is 12.0 Å². The molecule has 1 saturated carbocycles. The van der Waals surface area contributed by atoms with Gasteiger partial charge in [-0.2, -0.15) is 0 Å². The maximum absolute atomic E-state index is 11.2. The first kappa shape index (κ1) is 14.3. The average Bonchev–Trinajstić information content (AvgIpc) is 2.92. The molecule has 0 radical (unpaired) electrons. The number of carboxylic acids is 1. The summed E-state index contributed by atoms with van der Waals surface area (Å²) in [6, 6.07) is 2.32. The third-order valence-corrected chi connectivity index (χ3v) is 5.28. The van der Waals surface area contributed by atoms with Crippen LogP contribution in [0.4, 0.5) is 5.82 Å². The Morgan fingerprint density at radius 3 is 3.10 bits per heavy atom. The van der Waals surface area contributed by atoms with Crippen LogP contribution in [0.3, 0.4) is 0 Å². The molecular formula is C15H19N3O2S. The number of nitrogens with zero attached hydrogens (tertiary/aromatic N) is 2. The summed E-state index contributed by atoms with van der Waals surface area (Å²) in [4.78, 5) is 22.1. The fraction of sp³-hybridized carbons (Fsp3) is 0.533. The first-order chi connectivity index (χ1) is 10.2. The molecule has 0 amide bonds. The van der Waals surface area contributed by atoms with Crippen LogP contribution >= 0.6 is 11.3 Å². The zero-order valence-corrected chi connectivity index (χ0v) is 12.8. The third-order valence-electron chi connectivity index (χ3n) is 4.09. The van der Waals surface area contributed by atoms with Gasteiger partial charge in [-0.1, -0.05) is 13.3 Å². The second-order valence-corrected chi connectivity index (χ2v) is 6.67. The first-order valence-electron chi connectivity index (χ1n) is 7.40. The summed E-state index contributed by atoms with van der Waals surface area (Å²) in [5.41, 5.74) is 0. The van der Waals surface area contributed by atoms with Gasteiger partial charge in [0.1, 0.15) is 17.0 Å². The highest BCUT2D eigenvalue weighted by Crippen LogP contribution is 2.31. The number of hydrogen-bond acceptors (Lipinski definition) is 5. The minimum Gasteiger partial charge on any atom is -0.481 e. The molecule has 2 heterocycles. The number of aromatic nitrogens is 2. The molecule has 112 valence electrons. The number of carbonyl (C=O) groups is 1. The lowest BCUT2D eigenvalue weighted by atomic mass is 9.86. The lowest BCUT2D eigenvalue weighted by Crippen LogP contribution is -2.31. The quantitative estimate of drug-likeness (QED) is 0.906. The predicted molar refractivity (Wildman–Crippen MR) is 83.8 cm³/mol. The van der Waals surface area contributed by atoms with Gasteiger partial charge < -0.3 is 10.4 Å². The highest BCUT2D eigenvalue weighted by Gasteiger charge is 2.27. The van der Waals surface area contributed by atoms with Gasteiger partial charge in [-0.15, -0.1) is 11.3 Å². The SMILES string of the molecule is CCc1cc2c(NC3CCCC(C(=O)O)C3)ncnc2s1. The normalized spacial score (nSPS) is 22.3. The summed E-state index contributed by atoms with van der Waals surface area (Å²) < 4.78 is 0. The summed E-state index contributed by atoms with van der Waals surface area (Å²) in [6.07, 6.45) is 5.98. The molecule has 0 bridgehead atoms. The molecule has 2 aromatic heterocycles. The van der Waals surface area contributed by atoms with Crippen LogP contribution in [0.25, 0.3) is 10.2 Å². The highest BCUT2D eigenvalue weighted by atomic mass is 32.1. The Morgan fingerprint density at radius 2 is 2.33 bits per heavy atom. The van der Waals surface area contributed by atoms with E-state index >= 15 is 0 Å². The van der Waals surface area contributed by atoms with Crippen LogP contribution in [-0.4, -0.2) is 27.1 Å². The molecule has 0 saturated heterocycles. The minimum absolute atomic E-state index is 0.183. The second-order valence-electron chi connectivity index (χ2n) is 5.55. The Balaban J connectivity index is 1.81. The molecule has 0 spiro atoms. The second kappa shape index (κ2) is 5.97. The standard InChI is InChI=1S/C15H19N3O2S/c1-2-11-7-12-13(16-8-17-14(12)21-11)18-10-5-3-4-9(6-10)15(19)20/h7-10H,2-6H2,1H3,(H,19,20)(H,16,17,18). The van der Waals surface area contributed by atoms with Crippen molar-refractivity contribution in [1.82, 2.24) is 9.97 Å². The van der Waals surface area contributed by atoms with Gasteiger partial charge in [0.15, 0.2) is 0 Å². The Kier molecular flexibility index (Phi) is 4.05. The Morgan fingerprint density at radius 1 is 1.48 bits per heavy atom. The summed E-state index contributed by atoms with van der Waals surface area (Å²) in [7, 11) is 0. The van der Waals surface area contributed by atoms with E-state index in [0.717, 1.165) is 41.7 Å². The van der Waals surface area contributed by atoms with Crippen molar-refractivity contribution in [2.75, 3.05) is 5.32 Å². The fourth-order valence-corrected chi connectivity index (χ4v) is 3.87. The van der Waals surface area contributed by atoms with Gasteiger partial charge in [0.2, 0.25) is 0 Å². The van der Waals surface area contributed by atoms with Crippen molar-refractivity contribution in [3.63, 3.8) is 0 Å². The Bertz CT molecular complexity index is 655. The van der Waals surface area contributed by atoms with E-state index in [1.54, 1.807) is 17.7 Å². The largest absolute Gasteiger partial charge is 0.481 e. The summed E-state index contributed by atoms with van der Waals surface area (Å²) >= 11 is 1.69. The average molecular weight is 305 g/mol. The maximum Gasteiger partial charge on any atom is 0.306 e. The topological polar surface area (TPSA) is 75.1 Å². The van der Waals surface area contributed by atoms with Crippen molar-refractivity contribution in [1.29, 1.82) is 0 Å². The van der Waals surface area contributed by atoms with Crippen LogP contribution in [0.15, 0.2) is 12.4 Å². The monoisotopic (exact) mass is 305 g/mol. The zero-order valence-electron chi connectivity index (χ0n) is 12.0. The van der Waals surface area contributed by atoms with Gasteiger partial charge in [-0.25, -0.2) is 9.97 Å². The number of nitrogens with one attached hydrogen (secondary N) is 1. The lowest BCUT2D eigenvalue weighted by Gasteiger charge is -2.27. The van der Waals surface area contributed by atoms with E-state index in [0.29, 0.717) is 6.42 Å². The highest BCUT2D eigenvalue weighted by molar-refractivity contribution is 7.18. The van der Waals surface area contributed by atoms with Crippen LogP contribution in [-0.2, 0) is 11.2 Å². The number of anilines is 1. The van der Waals surface area contributed by atoms with Crippen molar-refractivity contribution in [3.8, 4) is 0 Å². The molecule has 1 aliphatic rings. The van der Waals surface area contributed by atoms with E-state index in [2.05, 4.69) is 28.3 Å². The van der Waals surface area contributed by atoms with Crippen LogP contribution in [0, 0.1) is 5.92 Å². The van der Waals surface area contributed by atoms with Crippen molar-refractivity contribution < 1.29 is 9.90 Å². The fourth-order valence-electron chi connectivity index (χ4n) is 2.93. The van der Waals surface area contributed by atoms with Crippen molar-refractivity contribution >= 4 is 33.3 Å². The zero-order chi connectivity index (χ0) is 14.8. The van der Waals surface area contributed by atoms with E-state index in [9.17, 15) is 9.90 Å². The molecule has 1 aliphatic carbocycles. The number of hydrogen-bond donors (Lipinski definition) is 2. The summed E-state index contributed by atoms with van der Waals surface area (Å²) in [5, 5.41) is 13.7. The van der Waals surface area contributed by atoms with Gasteiger partial charge in [-0.05, 0) is 31.7 Å². The summed E-state index contributed by atoms with van der Waals surface area (Å²) in [6.45, 7) is 2.13. The number of thiophene rings is 1. The lowest BCUT2D eigenvalue weighted by molar-refractivity contribution is -0.142.